The SMILES string of the molecule is NNC(=O)C1Cc2c([nH]c3ccccc23)C(c2ccccc2)N1. The minimum Gasteiger partial charge on any atom is -0.357 e. The first-order valence-electron chi connectivity index (χ1n) is 7.69. The van der Waals surface area contributed by atoms with Crippen LogP contribution >= 0.6 is 0 Å². The van der Waals surface area contributed by atoms with Crippen LogP contribution in [0.4, 0.5) is 0 Å². The Morgan fingerprint density at radius 2 is 1.83 bits per heavy atom. The summed E-state index contributed by atoms with van der Waals surface area (Å²) in [6.45, 7) is 0. The number of H-pyrrole nitrogens is 1. The third-order valence-corrected chi connectivity index (χ3v) is 4.50. The van der Waals surface area contributed by atoms with E-state index in [9.17, 15) is 4.79 Å². The Balaban J connectivity index is 1.88. The van der Waals surface area contributed by atoms with Gasteiger partial charge in [0.1, 0.15) is 0 Å². The molecule has 3 aromatic rings. The molecule has 0 aliphatic carbocycles. The summed E-state index contributed by atoms with van der Waals surface area (Å²) in [6, 6.07) is 17.9. The van der Waals surface area contributed by atoms with Crippen LogP contribution in [0.5, 0.6) is 0 Å². The summed E-state index contributed by atoms with van der Waals surface area (Å²) in [7, 11) is 0. The highest BCUT2D eigenvalue weighted by atomic mass is 16.2. The number of benzene rings is 2. The fourth-order valence-electron chi connectivity index (χ4n) is 3.41. The first kappa shape index (κ1) is 14.0. The van der Waals surface area contributed by atoms with Gasteiger partial charge in [-0.3, -0.25) is 15.5 Å². The van der Waals surface area contributed by atoms with E-state index < -0.39 is 0 Å². The van der Waals surface area contributed by atoms with Crippen molar-refractivity contribution in [2.45, 2.75) is 18.5 Å². The van der Waals surface area contributed by atoms with Crippen molar-refractivity contribution in [3.05, 3.63) is 71.4 Å². The molecular weight excluding hydrogens is 288 g/mol. The number of nitrogens with one attached hydrogen (secondary N) is 3. The number of carbonyl (C=O) groups is 1. The molecule has 1 aliphatic heterocycles. The number of nitrogens with two attached hydrogens (primary N) is 1. The smallest absolute Gasteiger partial charge is 0.251 e. The van der Waals surface area contributed by atoms with E-state index in [-0.39, 0.29) is 18.0 Å². The van der Waals surface area contributed by atoms with Gasteiger partial charge in [0.2, 0.25) is 0 Å². The predicted molar refractivity (Wildman–Crippen MR) is 89.5 cm³/mol. The molecule has 0 spiro atoms. The first-order chi connectivity index (χ1) is 11.3. The van der Waals surface area contributed by atoms with E-state index in [0.29, 0.717) is 6.42 Å². The van der Waals surface area contributed by atoms with Gasteiger partial charge in [-0.1, -0.05) is 48.5 Å². The molecule has 2 atom stereocenters. The minimum absolute atomic E-state index is 0.0605. The zero-order chi connectivity index (χ0) is 15.8. The lowest BCUT2D eigenvalue weighted by Gasteiger charge is -2.30. The third kappa shape index (κ3) is 2.30. The minimum atomic E-state index is -0.350. The second-order valence-electron chi connectivity index (χ2n) is 5.84. The molecule has 0 fully saturated rings. The fourth-order valence-corrected chi connectivity index (χ4v) is 3.41. The van der Waals surface area contributed by atoms with Crippen molar-refractivity contribution in [2.75, 3.05) is 0 Å². The molecular formula is C18H18N4O. The molecule has 2 heterocycles. The van der Waals surface area contributed by atoms with Crippen LogP contribution in [-0.2, 0) is 11.2 Å². The van der Waals surface area contributed by atoms with Crippen LogP contribution < -0.4 is 16.6 Å². The van der Waals surface area contributed by atoms with Gasteiger partial charge in [-0.25, -0.2) is 5.84 Å². The number of fused-ring (bicyclic) bond motifs is 3. The number of rotatable bonds is 2. The first-order valence-corrected chi connectivity index (χ1v) is 7.69. The molecule has 4 rings (SSSR count). The topological polar surface area (TPSA) is 82.9 Å². The Bertz CT molecular complexity index is 856. The van der Waals surface area contributed by atoms with Gasteiger partial charge < -0.3 is 4.98 Å². The summed E-state index contributed by atoms with van der Waals surface area (Å²) in [5, 5.41) is 4.58. The number of aromatic nitrogens is 1. The molecule has 2 aromatic carbocycles. The Morgan fingerprint density at radius 3 is 2.61 bits per heavy atom. The highest BCUT2D eigenvalue weighted by molar-refractivity contribution is 5.88. The van der Waals surface area contributed by atoms with E-state index in [1.807, 2.05) is 30.3 Å². The third-order valence-electron chi connectivity index (χ3n) is 4.50. The second kappa shape index (κ2) is 5.53. The van der Waals surface area contributed by atoms with E-state index in [4.69, 9.17) is 5.84 Å². The summed E-state index contributed by atoms with van der Waals surface area (Å²) < 4.78 is 0. The van der Waals surface area contributed by atoms with E-state index in [1.165, 1.54) is 10.9 Å². The van der Waals surface area contributed by atoms with Crippen LogP contribution in [0.3, 0.4) is 0 Å². The van der Waals surface area contributed by atoms with Crippen LogP contribution in [0.25, 0.3) is 10.9 Å². The number of amides is 1. The molecule has 5 N–H and O–H groups in total. The highest BCUT2D eigenvalue weighted by Crippen LogP contribution is 2.34. The molecule has 2 unspecified atom stereocenters. The van der Waals surface area contributed by atoms with Gasteiger partial charge in [0.15, 0.2) is 0 Å². The van der Waals surface area contributed by atoms with Crippen molar-refractivity contribution < 1.29 is 4.79 Å². The maximum Gasteiger partial charge on any atom is 0.251 e. The summed E-state index contributed by atoms with van der Waals surface area (Å²) in [4.78, 5) is 15.6. The number of carbonyl (C=O) groups excluding carboxylic acids is 1. The molecule has 0 saturated heterocycles. The monoisotopic (exact) mass is 306 g/mol. The number of para-hydroxylation sites is 1. The van der Waals surface area contributed by atoms with Gasteiger partial charge in [-0.05, 0) is 23.6 Å². The van der Waals surface area contributed by atoms with E-state index in [2.05, 4.69) is 40.0 Å². The second-order valence-corrected chi connectivity index (χ2v) is 5.84. The zero-order valence-corrected chi connectivity index (χ0v) is 12.5. The fraction of sp³-hybridized carbons (Fsp3) is 0.167. The summed E-state index contributed by atoms with van der Waals surface area (Å²) >= 11 is 0. The molecule has 116 valence electrons. The van der Waals surface area contributed by atoms with Crippen molar-refractivity contribution in [2.24, 2.45) is 5.84 Å². The van der Waals surface area contributed by atoms with E-state index >= 15 is 0 Å². The lowest BCUT2D eigenvalue weighted by Crippen LogP contribution is -2.51. The zero-order valence-electron chi connectivity index (χ0n) is 12.5. The summed E-state index contributed by atoms with van der Waals surface area (Å²) in [5.74, 6) is 5.15. The van der Waals surface area contributed by atoms with E-state index in [1.54, 1.807) is 0 Å². The van der Waals surface area contributed by atoms with Crippen LogP contribution in [-0.4, -0.2) is 16.9 Å². The van der Waals surface area contributed by atoms with Crippen molar-refractivity contribution in [3.63, 3.8) is 0 Å². The van der Waals surface area contributed by atoms with Gasteiger partial charge in [-0.15, -0.1) is 0 Å². The van der Waals surface area contributed by atoms with E-state index in [0.717, 1.165) is 16.8 Å². The van der Waals surface area contributed by atoms with Crippen LogP contribution in [0.15, 0.2) is 54.6 Å². The summed E-state index contributed by atoms with van der Waals surface area (Å²) in [6.07, 6.45) is 0.617. The number of hydrazine groups is 1. The van der Waals surface area contributed by atoms with Crippen LogP contribution in [0, 0.1) is 0 Å². The predicted octanol–water partition coefficient (Wildman–Crippen LogP) is 1.76. The van der Waals surface area contributed by atoms with Crippen molar-refractivity contribution in [3.8, 4) is 0 Å². The van der Waals surface area contributed by atoms with Gasteiger partial charge in [0, 0.05) is 16.6 Å². The van der Waals surface area contributed by atoms with Crippen molar-refractivity contribution >= 4 is 16.8 Å². The van der Waals surface area contributed by atoms with Gasteiger partial charge in [0.25, 0.3) is 5.91 Å². The molecule has 1 aliphatic rings. The molecule has 0 radical (unpaired) electrons. The normalized spacial score (nSPS) is 20.2. The number of hydrogen-bond donors (Lipinski definition) is 4. The van der Waals surface area contributed by atoms with Crippen molar-refractivity contribution in [1.82, 2.24) is 15.7 Å². The molecule has 23 heavy (non-hydrogen) atoms. The molecule has 1 amide bonds. The number of hydrogen-bond acceptors (Lipinski definition) is 3. The number of aromatic amines is 1. The molecule has 0 saturated carbocycles. The lowest BCUT2D eigenvalue weighted by atomic mass is 9.90. The quantitative estimate of drug-likeness (QED) is 0.331. The largest absolute Gasteiger partial charge is 0.357 e. The summed E-state index contributed by atoms with van der Waals surface area (Å²) in [5.41, 5.74) is 6.78. The Morgan fingerprint density at radius 1 is 1.09 bits per heavy atom. The Kier molecular flexibility index (Phi) is 3.37. The average Bonchev–Trinajstić information content (AvgIpc) is 2.99. The Labute approximate surface area is 133 Å². The van der Waals surface area contributed by atoms with Crippen LogP contribution in [0.1, 0.15) is 22.9 Å². The van der Waals surface area contributed by atoms with Gasteiger partial charge in [-0.2, -0.15) is 0 Å². The molecule has 5 nitrogen and oxygen atoms in total. The average molecular weight is 306 g/mol. The molecule has 5 heteroatoms. The van der Waals surface area contributed by atoms with Crippen molar-refractivity contribution in [1.29, 1.82) is 0 Å². The highest BCUT2D eigenvalue weighted by Gasteiger charge is 2.33. The van der Waals surface area contributed by atoms with Crippen LogP contribution in [0.2, 0.25) is 0 Å². The van der Waals surface area contributed by atoms with Gasteiger partial charge >= 0.3 is 0 Å². The maximum atomic E-state index is 12.1. The maximum absolute atomic E-state index is 12.1. The van der Waals surface area contributed by atoms with Gasteiger partial charge in [0.05, 0.1) is 12.1 Å². The lowest BCUT2D eigenvalue weighted by molar-refractivity contribution is -0.123. The molecule has 0 bridgehead atoms. The standard InChI is InChI=1S/C18H18N4O/c19-22-18(23)15-10-13-12-8-4-5-9-14(12)20-17(13)16(21-15)11-6-2-1-3-7-11/h1-9,15-16,20-21H,10,19H2,(H,22,23). The molecule has 1 aromatic heterocycles. The Hall–Kier alpha value is -2.63.